The molecule has 8 heteroatoms. The number of halogens is 1. The third kappa shape index (κ3) is 4.72. The molecule has 0 radical (unpaired) electrons. The molecule has 1 atom stereocenters. The molecule has 0 spiro atoms. The van der Waals surface area contributed by atoms with E-state index >= 15 is 0 Å². The van der Waals surface area contributed by atoms with E-state index in [1.807, 2.05) is 19.1 Å². The lowest BCUT2D eigenvalue weighted by Gasteiger charge is -2.20. The van der Waals surface area contributed by atoms with Gasteiger partial charge in [0.2, 0.25) is 5.69 Å². The van der Waals surface area contributed by atoms with Crippen LogP contribution >= 0.6 is 0 Å². The third-order valence-electron chi connectivity index (χ3n) is 5.54. The summed E-state index contributed by atoms with van der Waals surface area (Å²) in [5.74, 6) is 0.527. The highest BCUT2D eigenvalue weighted by atomic mass is 19.1. The summed E-state index contributed by atoms with van der Waals surface area (Å²) in [6, 6.07) is 15.3. The lowest BCUT2D eigenvalue weighted by molar-refractivity contribution is 0.159. The van der Waals surface area contributed by atoms with Gasteiger partial charge in [-0.05, 0) is 43.2 Å². The van der Waals surface area contributed by atoms with Gasteiger partial charge in [0.25, 0.3) is 0 Å². The van der Waals surface area contributed by atoms with Crippen molar-refractivity contribution in [2.24, 2.45) is 0 Å². The van der Waals surface area contributed by atoms with Gasteiger partial charge in [0.15, 0.2) is 11.6 Å². The Labute approximate surface area is 191 Å². The molecule has 3 aromatic rings. The van der Waals surface area contributed by atoms with Crippen LogP contribution in [0.2, 0.25) is 0 Å². The van der Waals surface area contributed by atoms with Gasteiger partial charge >= 0.3 is 6.09 Å². The summed E-state index contributed by atoms with van der Waals surface area (Å²) in [5, 5.41) is 0. The average Bonchev–Trinajstić information content (AvgIpc) is 3.19. The second-order valence-electron chi connectivity index (χ2n) is 7.60. The number of aromatic nitrogens is 1. The summed E-state index contributed by atoms with van der Waals surface area (Å²) >= 11 is 0. The SMILES string of the molecule is [C-]#[N+]c1cccnc1N(C)c1ccc(Oc2ccc(C[C@H]3COC(=O)N3CC)cc2)c(F)c1. The molecule has 33 heavy (non-hydrogen) atoms. The van der Waals surface area contributed by atoms with Crippen molar-refractivity contribution in [3.8, 4) is 11.5 Å². The first-order chi connectivity index (χ1) is 16.0. The fraction of sp³-hybridized carbons (Fsp3) is 0.240. The maximum Gasteiger partial charge on any atom is 0.410 e. The van der Waals surface area contributed by atoms with Crippen LogP contribution in [0.3, 0.4) is 0 Å². The van der Waals surface area contributed by atoms with Crippen LogP contribution in [0.1, 0.15) is 12.5 Å². The van der Waals surface area contributed by atoms with Crippen molar-refractivity contribution in [1.29, 1.82) is 0 Å². The predicted molar refractivity (Wildman–Crippen MR) is 123 cm³/mol. The van der Waals surface area contributed by atoms with Gasteiger partial charge in [-0.15, -0.1) is 0 Å². The number of hydrogen-bond acceptors (Lipinski definition) is 5. The largest absolute Gasteiger partial charge is 0.454 e. The third-order valence-corrected chi connectivity index (χ3v) is 5.54. The van der Waals surface area contributed by atoms with Gasteiger partial charge in [0, 0.05) is 31.5 Å². The number of hydrogen-bond donors (Lipinski definition) is 0. The lowest BCUT2D eigenvalue weighted by atomic mass is 10.1. The molecule has 0 bridgehead atoms. The minimum Gasteiger partial charge on any atom is -0.454 e. The molecule has 0 aliphatic carbocycles. The van der Waals surface area contributed by atoms with Crippen molar-refractivity contribution in [3.63, 3.8) is 0 Å². The van der Waals surface area contributed by atoms with E-state index in [0.717, 1.165) is 5.56 Å². The molecule has 4 rings (SSSR count). The molecule has 0 N–H and O–H groups in total. The number of rotatable bonds is 7. The smallest absolute Gasteiger partial charge is 0.410 e. The van der Waals surface area contributed by atoms with Crippen molar-refractivity contribution < 1.29 is 18.7 Å². The van der Waals surface area contributed by atoms with E-state index in [9.17, 15) is 9.18 Å². The number of pyridine rings is 1. The second-order valence-corrected chi connectivity index (χ2v) is 7.60. The maximum atomic E-state index is 14.8. The highest BCUT2D eigenvalue weighted by Gasteiger charge is 2.31. The van der Waals surface area contributed by atoms with Crippen molar-refractivity contribution in [1.82, 2.24) is 9.88 Å². The highest BCUT2D eigenvalue weighted by molar-refractivity contribution is 5.73. The molecule has 1 aliphatic heterocycles. The highest BCUT2D eigenvalue weighted by Crippen LogP contribution is 2.33. The van der Waals surface area contributed by atoms with Crippen molar-refractivity contribution in [2.45, 2.75) is 19.4 Å². The van der Waals surface area contributed by atoms with Crippen LogP contribution in [0.5, 0.6) is 11.5 Å². The molecule has 1 aromatic heterocycles. The van der Waals surface area contributed by atoms with E-state index in [1.54, 1.807) is 59.4 Å². The molecule has 1 aliphatic rings. The van der Waals surface area contributed by atoms with Crippen LogP contribution in [-0.2, 0) is 11.2 Å². The van der Waals surface area contributed by atoms with Gasteiger partial charge < -0.3 is 19.3 Å². The van der Waals surface area contributed by atoms with Crippen LogP contribution in [0.25, 0.3) is 4.85 Å². The number of benzene rings is 2. The first-order valence-electron chi connectivity index (χ1n) is 10.6. The van der Waals surface area contributed by atoms with Gasteiger partial charge in [-0.2, -0.15) is 0 Å². The minimum atomic E-state index is -0.524. The predicted octanol–water partition coefficient (Wildman–Crippen LogP) is 5.71. The second kappa shape index (κ2) is 9.57. The molecule has 0 unspecified atom stereocenters. The van der Waals surface area contributed by atoms with Gasteiger partial charge in [-0.25, -0.2) is 14.0 Å². The summed E-state index contributed by atoms with van der Waals surface area (Å²) in [6.07, 6.45) is 1.99. The zero-order valence-electron chi connectivity index (χ0n) is 18.4. The molecule has 1 fully saturated rings. The maximum absolute atomic E-state index is 14.8. The quantitative estimate of drug-likeness (QED) is 0.435. The van der Waals surface area contributed by atoms with Gasteiger partial charge in [-0.3, -0.25) is 4.98 Å². The fourth-order valence-corrected chi connectivity index (χ4v) is 3.78. The van der Waals surface area contributed by atoms with Crippen LogP contribution in [0, 0.1) is 12.4 Å². The molecular weight excluding hydrogens is 423 g/mol. The van der Waals surface area contributed by atoms with E-state index in [2.05, 4.69) is 9.83 Å². The Morgan fingerprint density at radius 2 is 2.06 bits per heavy atom. The number of nitrogens with zero attached hydrogens (tertiary/aromatic N) is 4. The number of carbonyl (C=O) groups excluding carboxylic acids is 1. The fourth-order valence-electron chi connectivity index (χ4n) is 3.78. The van der Waals surface area contributed by atoms with Gasteiger partial charge in [-0.1, -0.05) is 24.3 Å². The van der Waals surface area contributed by atoms with Crippen molar-refractivity contribution in [3.05, 3.63) is 83.6 Å². The average molecular weight is 446 g/mol. The Morgan fingerprint density at radius 3 is 2.76 bits per heavy atom. The van der Waals surface area contributed by atoms with Crippen molar-refractivity contribution in [2.75, 3.05) is 25.1 Å². The number of likely N-dealkylation sites (N-methyl/N-ethyl adjacent to an activating group) is 1. The van der Waals surface area contributed by atoms with Crippen molar-refractivity contribution >= 4 is 23.3 Å². The Balaban J connectivity index is 1.44. The monoisotopic (exact) mass is 446 g/mol. The van der Waals surface area contributed by atoms with Crippen LogP contribution in [-0.4, -0.2) is 42.2 Å². The van der Waals surface area contributed by atoms with Crippen LogP contribution in [0.4, 0.5) is 26.4 Å². The Morgan fingerprint density at radius 1 is 1.27 bits per heavy atom. The van der Waals surface area contributed by atoms with E-state index in [1.165, 1.54) is 6.07 Å². The number of anilines is 2. The van der Waals surface area contributed by atoms with Crippen LogP contribution in [0.15, 0.2) is 60.8 Å². The molecule has 2 heterocycles. The van der Waals surface area contributed by atoms with E-state index in [4.69, 9.17) is 16.0 Å². The topological polar surface area (TPSA) is 59.3 Å². The van der Waals surface area contributed by atoms with E-state index in [0.29, 0.717) is 42.5 Å². The Hall–Kier alpha value is -4.12. The number of cyclic esters (lactones) is 1. The Bertz CT molecular complexity index is 1190. The van der Waals surface area contributed by atoms with Crippen LogP contribution < -0.4 is 9.64 Å². The first kappa shape index (κ1) is 22.1. The number of ether oxygens (including phenoxy) is 2. The zero-order chi connectivity index (χ0) is 23.4. The molecular formula is C25H23FN4O3. The summed E-state index contributed by atoms with van der Waals surface area (Å²) in [7, 11) is 1.73. The van der Waals surface area contributed by atoms with E-state index in [-0.39, 0.29) is 17.9 Å². The standard InChI is InChI=1S/C25H23FN4O3/c1-4-30-19(16-32-25(30)31)14-17-7-10-20(11-8-17)33-23-12-9-18(15-21(23)26)29(3)24-22(27-2)6-5-13-28-24/h5-13,15,19H,4,14,16H2,1,3H3/t19-/m0/s1. The van der Waals surface area contributed by atoms with Gasteiger partial charge in [0.05, 0.1) is 12.6 Å². The Kier molecular flexibility index (Phi) is 6.41. The normalized spacial score (nSPS) is 15.2. The summed E-state index contributed by atoms with van der Waals surface area (Å²) in [5.41, 5.74) is 1.97. The molecule has 0 saturated carbocycles. The van der Waals surface area contributed by atoms with Gasteiger partial charge in [0.1, 0.15) is 18.2 Å². The summed E-state index contributed by atoms with van der Waals surface area (Å²) in [4.78, 5) is 22.8. The number of carbonyl (C=O) groups is 1. The minimum absolute atomic E-state index is 0.0127. The summed E-state index contributed by atoms with van der Waals surface area (Å²) < 4.78 is 25.6. The molecule has 7 nitrogen and oxygen atoms in total. The zero-order valence-corrected chi connectivity index (χ0v) is 18.4. The first-order valence-corrected chi connectivity index (χ1v) is 10.6. The molecule has 168 valence electrons. The number of amides is 1. The molecule has 2 aromatic carbocycles. The summed E-state index contributed by atoms with van der Waals surface area (Å²) in [6.45, 7) is 10.2. The lowest BCUT2D eigenvalue weighted by Crippen LogP contribution is -2.34. The molecule has 1 amide bonds. The van der Waals surface area contributed by atoms with E-state index < -0.39 is 5.82 Å². The molecule has 1 saturated heterocycles.